The number of rotatable bonds is 10. The van der Waals surface area contributed by atoms with Gasteiger partial charge >= 0.3 is 0 Å². The van der Waals surface area contributed by atoms with E-state index in [4.69, 9.17) is 0 Å². The number of hydrogen-bond donors (Lipinski definition) is 1. The van der Waals surface area contributed by atoms with Gasteiger partial charge in [-0.25, -0.2) is 8.42 Å². The van der Waals surface area contributed by atoms with Crippen molar-refractivity contribution in [3.05, 3.63) is 65.2 Å². The Labute approximate surface area is 191 Å². The maximum atomic E-state index is 13.5. The first-order valence-electron chi connectivity index (χ1n) is 10.7. The number of nitrogens with one attached hydrogen (secondary N) is 1. The van der Waals surface area contributed by atoms with E-state index in [2.05, 4.69) is 5.32 Å². The number of nitrogens with zero attached hydrogens (tertiary/aromatic N) is 2. The lowest BCUT2D eigenvalue weighted by Crippen LogP contribution is -2.51. The Morgan fingerprint density at radius 3 is 2.16 bits per heavy atom. The molecule has 0 aliphatic heterocycles. The second-order valence-corrected chi connectivity index (χ2v) is 9.88. The summed E-state index contributed by atoms with van der Waals surface area (Å²) < 4.78 is 26.3. The van der Waals surface area contributed by atoms with Crippen LogP contribution in [0.15, 0.2) is 48.5 Å². The molecule has 8 heteroatoms. The molecule has 0 aliphatic rings. The number of carbonyl (C=O) groups is 2. The van der Waals surface area contributed by atoms with Crippen LogP contribution in [0.4, 0.5) is 5.69 Å². The molecule has 0 saturated heterocycles. The van der Waals surface area contributed by atoms with Gasteiger partial charge in [-0.05, 0) is 49.9 Å². The zero-order chi connectivity index (χ0) is 23.9. The number of carbonyl (C=O) groups excluding carboxylic acids is 2. The summed E-state index contributed by atoms with van der Waals surface area (Å²) in [5.41, 5.74) is 3.08. The Balaban J connectivity index is 2.40. The number of benzene rings is 2. The minimum Gasteiger partial charge on any atom is -0.354 e. The molecule has 0 bridgehead atoms. The molecule has 0 saturated carbocycles. The molecule has 0 aliphatic carbocycles. The van der Waals surface area contributed by atoms with E-state index < -0.39 is 22.0 Å². The first-order valence-corrected chi connectivity index (χ1v) is 12.6. The minimum atomic E-state index is -3.72. The van der Waals surface area contributed by atoms with Gasteiger partial charge in [-0.15, -0.1) is 0 Å². The maximum Gasteiger partial charge on any atom is 0.244 e. The molecule has 2 aromatic carbocycles. The zero-order valence-electron chi connectivity index (χ0n) is 19.5. The molecule has 1 unspecified atom stereocenters. The first-order chi connectivity index (χ1) is 15.1. The molecule has 2 rings (SSSR count). The Morgan fingerprint density at radius 1 is 1.00 bits per heavy atom. The van der Waals surface area contributed by atoms with Gasteiger partial charge in [-0.1, -0.05) is 49.4 Å². The summed E-state index contributed by atoms with van der Waals surface area (Å²) in [7, 11) is -3.72. The van der Waals surface area contributed by atoms with Gasteiger partial charge in [-0.2, -0.15) is 0 Å². The van der Waals surface area contributed by atoms with Gasteiger partial charge in [-0.3, -0.25) is 13.9 Å². The van der Waals surface area contributed by atoms with E-state index in [1.165, 1.54) is 4.90 Å². The fourth-order valence-electron chi connectivity index (χ4n) is 3.39. The largest absolute Gasteiger partial charge is 0.354 e. The van der Waals surface area contributed by atoms with Crippen LogP contribution >= 0.6 is 0 Å². The van der Waals surface area contributed by atoms with Crippen molar-refractivity contribution >= 4 is 27.5 Å². The standard InChI is InChI=1S/C24H33N3O4S/c1-6-15-25-24(29)20(4)26(16-21-13-9-7-11-18(21)2)23(28)17-27(32(5,30)31)22-14-10-8-12-19(22)3/h7-14,20H,6,15-17H2,1-5H3,(H,25,29). The molecule has 2 amide bonds. The van der Waals surface area contributed by atoms with Crippen LogP contribution in [-0.4, -0.2) is 50.5 Å². The highest BCUT2D eigenvalue weighted by atomic mass is 32.2. The lowest BCUT2D eigenvalue weighted by molar-refractivity contribution is -0.139. The number of hydrogen-bond acceptors (Lipinski definition) is 4. The van der Waals surface area contributed by atoms with Gasteiger partial charge in [0.2, 0.25) is 21.8 Å². The first kappa shape index (κ1) is 25.4. The number of aryl methyl sites for hydroxylation is 2. The third kappa shape index (κ3) is 6.56. The predicted molar refractivity (Wildman–Crippen MR) is 128 cm³/mol. The number of anilines is 1. The SMILES string of the molecule is CCCNC(=O)C(C)N(Cc1ccccc1C)C(=O)CN(c1ccccc1C)S(C)(=O)=O. The van der Waals surface area contributed by atoms with Crippen LogP contribution < -0.4 is 9.62 Å². The van der Waals surface area contributed by atoms with Crippen molar-refractivity contribution in [3.63, 3.8) is 0 Å². The summed E-state index contributed by atoms with van der Waals surface area (Å²) in [6.45, 7) is 7.68. The molecule has 1 atom stereocenters. The number of sulfonamides is 1. The molecule has 0 radical (unpaired) electrons. The topological polar surface area (TPSA) is 86.8 Å². The minimum absolute atomic E-state index is 0.206. The van der Waals surface area contributed by atoms with Crippen molar-refractivity contribution in [2.24, 2.45) is 0 Å². The van der Waals surface area contributed by atoms with E-state index in [0.717, 1.165) is 33.7 Å². The lowest BCUT2D eigenvalue weighted by atomic mass is 10.1. The number of amides is 2. The normalized spacial score (nSPS) is 12.2. The third-order valence-corrected chi connectivity index (χ3v) is 6.51. The summed E-state index contributed by atoms with van der Waals surface area (Å²) in [6, 6.07) is 13.9. The molecular formula is C24H33N3O4S. The maximum absolute atomic E-state index is 13.5. The van der Waals surface area contributed by atoms with E-state index in [1.54, 1.807) is 32.0 Å². The second-order valence-electron chi connectivity index (χ2n) is 7.97. The Bertz CT molecular complexity index is 1050. The van der Waals surface area contributed by atoms with Crippen LogP contribution in [0.2, 0.25) is 0 Å². The molecule has 2 aromatic rings. The molecule has 1 N–H and O–H groups in total. The van der Waals surface area contributed by atoms with Crippen molar-refractivity contribution < 1.29 is 18.0 Å². The summed E-state index contributed by atoms with van der Waals surface area (Å²) >= 11 is 0. The van der Waals surface area contributed by atoms with Crippen LogP contribution in [0, 0.1) is 13.8 Å². The van der Waals surface area contributed by atoms with Crippen LogP contribution in [0.3, 0.4) is 0 Å². The number of para-hydroxylation sites is 1. The molecule has 0 aromatic heterocycles. The van der Waals surface area contributed by atoms with Gasteiger partial charge in [0.25, 0.3) is 0 Å². The molecular weight excluding hydrogens is 426 g/mol. The quantitative estimate of drug-likeness (QED) is 0.592. The van der Waals surface area contributed by atoms with Gasteiger partial charge < -0.3 is 10.2 Å². The van der Waals surface area contributed by atoms with Crippen molar-refractivity contribution in [2.75, 3.05) is 23.7 Å². The molecule has 7 nitrogen and oxygen atoms in total. The van der Waals surface area contributed by atoms with Crippen molar-refractivity contribution in [2.45, 2.75) is 46.7 Å². The smallest absolute Gasteiger partial charge is 0.244 e. The van der Waals surface area contributed by atoms with Crippen molar-refractivity contribution in [1.29, 1.82) is 0 Å². The van der Waals surface area contributed by atoms with E-state index in [-0.39, 0.29) is 19.0 Å². The average molecular weight is 460 g/mol. The van der Waals surface area contributed by atoms with Crippen LogP contribution in [0.1, 0.15) is 37.0 Å². The van der Waals surface area contributed by atoms with Crippen molar-refractivity contribution in [1.82, 2.24) is 10.2 Å². The fraction of sp³-hybridized carbons (Fsp3) is 0.417. The summed E-state index contributed by atoms with van der Waals surface area (Å²) in [5, 5.41) is 2.83. The molecule has 0 heterocycles. The van der Waals surface area contributed by atoms with Crippen LogP contribution in [-0.2, 0) is 26.2 Å². The zero-order valence-corrected chi connectivity index (χ0v) is 20.3. The average Bonchev–Trinajstić information content (AvgIpc) is 2.74. The van der Waals surface area contributed by atoms with E-state index >= 15 is 0 Å². The Kier molecular flexibility index (Phi) is 8.83. The Morgan fingerprint density at radius 2 is 1.59 bits per heavy atom. The summed E-state index contributed by atoms with van der Waals surface area (Å²) in [4.78, 5) is 27.6. The van der Waals surface area contributed by atoms with E-state index in [9.17, 15) is 18.0 Å². The van der Waals surface area contributed by atoms with E-state index in [0.29, 0.717) is 12.2 Å². The predicted octanol–water partition coefficient (Wildman–Crippen LogP) is 3.01. The molecule has 0 spiro atoms. The van der Waals surface area contributed by atoms with Gasteiger partial charge in [0, 0.05) is 13.1 Å². The monoisotopic (exact) mass is 459 g/mol. The Hall–Kier alpha value is -2.87. The summed E-state index contributed by atoms with van der Waals surface area (Å²) in [5.74, 6) is -0.711. The molecule has 0 fully saturated rings. The molecule has 174 valence electrons. The molecule has 32 heavy (non-hydrogen) atoms. The lowest BCUT2D eigenvalue weighted by Gasteiger charge is -2.32. The van der Waals surface area contributed by atoms with Gasteiger partial charge in [0.05, 0.1) is 11.9 Å². The van der Waals surface area contributed by atoms with Gasteiger partial charge in [0.1, 0.15) is 12.6 Å². The fourth-order valence-corrected chi connectivity index (χ4v) is 4.29. The van der Waals surface area contributed by atoms with Crippen LogP contribution in [0.5, 0.6) is 0 Å². The highest BCUT2D eigenvalue weighted by Gasteiger charge is 2.30. The highest BCUT2D eigenvalue weighted by Crippen LogP contribution is 2.23. The van der Waals surface area contributed by atoms with E-state index in [1.807, 2.05) is 44.2 Å². The van der Waals surface area contributed by atoms with Gasteiger partial charge in [0.15, 0.2) is 0 Å². The third-order valence-electron chi connectivity index (χ3n) is 5.38. The highest BCUT2D eigenvalue weighted by molar-refractivity contribution is 7.92. The second kappa shape index (κ2) is 11.1. The van der Waals surface area contributed by atoms with Crippen LogP contribution in [0.25, 0.3) is 0 Å². The summed E-state index contributed by atoms with van der Waals surface area (Å²) in [6.07, 6.45) is 1.86. The van der Waals surface area contributed by atoms with Crippen molar-refractivity contribution in [3.8, 4) is 0 Å².